The van der Waals surface area contributed by atoms with Gasteiger partial charge >= 0.3 is 0 Å². The van der Waals surface area contributed by atoms with E-state index in [1.54, 1.807) is 11.8 Å². The molecule has 0 atom stereocenters. The highest BCUT2D eigenvalue weighted by Crippen LogP contribution is 2.27. The third kappa shape index (κ3) is 5.56. The molecule has 5 nitrogen and oxygen atoms in total. The quantitative estimate of drug-likeness (QED) is 0.289. The molecule has 0 radical (unpaired) electrons. The molecule has 0 amide bonds. The zero-order chi connectivity index (χ0) is 23.8. The van der Waals surface area contributed by atoms with Crippen molar-refractivity contribution in [1.82, 2.24) is 14.8 Å². The maximum absolute atomic E-state index is 9.64. The summed E-state index contributed by atoms with van der Waals surface area (Å²) in [6.45, 7) is 2.91. The molecule has 172 valence electrons. The van der Waals surface area contributed by atoms with Crippen LogP contribution in [0.2, 0.25) is 0 Å². The summed E-state index contributed by atoms with van der Waals surface area (Å²) in [5.74, 6) is 1.73. The highest BCUT2D eigenvalue weighted by Gasteiger charge is 2.14. The number of thioether (sulfide) groups is 1. The number of aliphatic hydroxyl groups is 1. The minimum atomic E-state index is 0.0342. The van der Waals surface area contributed by atoms with E-state index in [1.165, 1.54) is 0 Å². The Labute approximate surface area is 205 Å². The van der Waals surface area contributed by atoms with E-state index in [4.69, 9.17) is 0 Å². The molecule has 0 aliphatic rings. The Morgan fingerprint density at radius 2 is 1.68 bits per heavy atom. The fourth-order valence-corrected chi connectivity index (χ4v) is 4.89. The molecule has 0 unspecified atom stereocenters. The highest BCUT2D eigenvalue weighted by atomic mass is 32.2. The van der Waals surface area contributed by atoms with Crippen LogP contribution in [0.3, 0.4) is 0 Å². The average Bonchev–Trinajstić information content (AvgIpc) is 3.27. The van der Waals surface area contributed by atoms with Crippen molar-refractivity contribution >= 4 is 11.8 Å². The van der Waals surface area contributed by atoms with Gasteiger partial charge in [0.1, 0.15) is 5.82 Å². The molecule has 0 aliphatic carbocycles. The van der Waals surface area contributed by atoms with Crippen LogP contribution in [0.4, 0.5) is 0 Å². The van der Waals surface area contributed by atoms with Crippen LogP contribution in [0, 0.1) is 11.3 Å². The monoisotopic (exact) mass is 468 g/mol. The minimum absolute atomic E-state index is 0.0342. The number of unbranched alkanes of at least 4 members (excludes halogenated alkanes) is 1. The van der Waals surface area contributed by atoms with Crippen molar-refractivity contribution in [3.8, 4) is 17.2 Å². The van der Waals surface area contributed by atoms with E-state index in [2.05, 4.69) is 58.1 Å². The van der Waals surface area contributed by atoms with Crippen LogP contribution in [-0.4, -0.2) is 19.9 Å². The van der Waals surface area contributed by atoms with E-state index in [0.29, 0.717) is 12.1 Å². The maximum Gasteiger partial charge on any atom is 0.191 e. The third-order valence-electron chi connectivity index (χ3n) is 5.85. The number of rotatable bonds is 10. The molecule has 0 fully saturated rings. The van der Waals surface area contributed by atoms with E-state index in [9.17, 15) is 10.4 Å². The van der Waals surface area contributed by atoms with Gasteiger partial charge in [0.2, 0.25) is 0 Å². The van der Waals surface area contributed by atoms with E-state index < -0.39 is 0 Å². The molecule has 0 saturated carbocycles. The summed E-state index contributed by atoms with van der Waals surface area (Å²) in [5.41, 5.74) is 5.88. The van der Waals surface area contributed by atoms with Crippen LogP contribution in [0.25, 0.3) is 11.1 Å². The van der Waals surface area contributed by atoms with Crippen molar-refractivity contribution in [3.05, 3.63) is 101 Å². The standard InChI is InChI=1S/C28H28N4OS/c1-2-3-12-27-30-31-28(34-20-25-10-5-4-9-24(25)19-33)32(27)18-21-13-15-22(16-14-21)26-11-7-6-8-23(26)17-29/h4-11,13-16,33H,2-3,12,18-20H2,1H3. The summed E-state index contributed by atoms with van der Waals surface area (Å²) in [6, 6.07) is 26.3. The van der Waals surface area contributed by atoms with Gasteiger partial charge in [0.25, 0.3) is 0 Å². The molecular formula is C28H28N4OS. The molecule has 1 N–H and O–H groups in total. The van der Waals surface area contributed by atoms with Crippen molar-refractivity contribution in [2.75, 3.05) is 0 Å². The van der Waals surface area contributed by atoms with Gasteiger partial charge in [0.15, 0.2) is 5.16 Å². The minimum Gasteiger partial charge on any atom is -0.392 e. The molecule has 4 aromatic rings. The lowest BCUT2D eigenvalue weighted by atomic mass is 9.99. The van der Waals surface area contributed by atoms with Gasteiger partial charge in [-0.25, -0.2) is 0 Å². The summed E-state index contributed by atoms with van der Waals surface area (Å²) in [4.78, 5) is 0. The van der Waals surface area contributed by atoms with Crippen LogP contribution in [0.15, 0.2) is 78.0 Å². The third-order valence-corrected chi connectivity index (χ3v) is 6.86. The zero-order valence-electron chi connectivity index (χ0n) is 19.3. The summed E-state index contributed by atoms with van der Waals surface area (Å²) < 4.78 is 2.21. The molecule has 4 rings (SSSR count). The second-order valence-electron chi connectivity index (χ2n) is 8.16. The number of aliphatic hydroxyl groups excluding tert-OH is 1. The Morgan fingerprint density at radius 3 is 2.41 bits per heavy atom. The van der Waals surface area contributed by atoms with Gasteiger partial charge in [0, 0.05) is 12.2 Å². The fraction of sp³-hybridized carbons (Fsp3) is 0.250. The lowest BCUT2D eigenvalue weighted by Crippen LogP contribution is -2.07. The van der Waals surface area contributed by atoms with Gasteiger partial charge in [-0.1, -0.05) is 91.8 Å². The average molecular weight is 469 g/mol. The van der Waals surface area contributed by atoms with Crippen LogP contribution < -0.4 is 0 Å². The topological polar surface area (TPSA) is 74.7 Å². The molecule has 0 bridgehead atoms. The fourth-order valence-electron chi connectivity index (χ4n) is 3.90. The Balaban J connectivity index is 1.56. The first-order valence-electron chi connectivity index (χ1n) is 11.5. The van der Waals surface area contributed by atoms with Gasteiger partial charge in [-0.15, -0.1) is 10.2 Å². The smallest absolute Gasteiger partial charge is 0.191 e. The van der Waals surface area contributed by atoms with E-state index >= 15 is 0 Å². The molecule has 0 aliphatic heterocycles. The SMILES string of the molecule is CCCCc1nnc(SCc2ccccc2CO)n1Cc1ccc(-c2ccccc2C#N)cc1. The molecule has 0 spiro atoms. The van der Waals surface area contributed by atoms with E-state index in [-0.39, 0.29) is 6.61 Å². The number of aryl methyl sites for hydroxylation is 1. The van der Waals surface area contributed by atoms with Crippen molar-refractivity contribution in [2.24, 2.45) is 0 Å². The molecule has 1 aromatic heterocycles. The lowest BCUT2D eigenvalue weighted by molar-refractivity contribution is 0.281. The summed E-state index contributed by atoms with van der Waals surface area (Å²) in [7, 11) is 0. The first kappa shape index (κ1) is 23.7. The Hall–Kier alpha value is -3.40. The summed E-state index contributed by atoms with van der Waals surface area (Å²) >= 11 is 1.65. The molecule has 3 aromatic carbocycles. The molecule has 0 saturated heterocycles. The second-order valence-corrected chi connectivity index (χ2v) is 9.10. The number of nitrogens with zero attached hydrogens (tertiary/aromatic N) is 4. The number of hydrogen-bond donors (Lipinski definition) is 1. The zero-order valence-corrected chi connectivity index (χ0v) is 20.1. The van der Waals surface area contributed by atoms with Crippen LogP contribution in [-0.2, 0) is 25.3 Å². The molecular weight excluding hydrogens is 440 g/mol. The largest absolute Gasteiger partial charge is 0.392 e. The molecule has 6 heteroatoms. The Kier molecular flexibility index (Phi) is 8.13. The van der Waals surface area contributed by atoms with Gasteiger partial charge in [-0.2, -0.15) is 5.26 Å². The van der Waals surface area contributed by atoms with Gasteiger partial charge in [0.05, 0.1) is 24.8 Å². The van der Waals surface area contributed by atoms with Gasteiger partial charge in [-0.3, -0.25) is 0 Å². The first-order valence-corrected chi connectivity index (χ1v) is 12.5. The Bertz CT molecular complexity index is 1270. The van der Waals surface area contributed by atoms with Crippen LogP contribution >= 0.6 is 11.8 Å². The van der Waals surface area contributed by atoms with Crippen molar-refractivity contribution in [1.29, 1.82) is 5.26 Å². The highest BCUT2D eigenvalue weighted by molar-refractivity contribution is 7.98. The predicted molar refractivity (Wildman–Crippen MR) is 136 cm³/mol. The first-order chi connectivity index (χ1) is 16.7. The van der Waals surface area contributed by atoms with E-state index in [0.717, 1.165) is 63.8 Å². The maximum atomic E-state index is 9.64. The summed E-state index contributed by atoms with van der Waals surface area (Å²) in [5, 5.41) is 29.0. The van der Waals surface area contributed by atoms with Gasteiger partial charge < -0.3 is 9.67 Å². The number of nitriles is 1. The normalized spacial score (nSPS) is 10.9. The van der Waals surface area contributed by atoms with Crippen molar-refractivity contribution < 1.29 is 5.11 Å². The molecule has 1 heterocycles. The summed E-state index contributed by atoms with van der Waals surface area (Å²) in [6.07, 6.45) is 3.07. The molecule has 34 heavy (non-hydrogen) atoms. The van der Waals surface area contributed by atoms with Crippen LogP contribution in [0.1, 0.15) is 47.8 Å². The van der Waals surface area contributed by atoms with Crippen molar-refractivity contribution in [2.45, 2.75) is 50.2 Å². The number of benzene rings is 3. The number of hydrogen-bond acceptors (Lipinski definition) is 5. The number of aromatic nitrogens is 3. The lowest BCUT2D eigenvalue weighted by Gasteiger charge is -2.12. The van der Waals surface area contributed by atoms with Crippen LogP contribution in [0.5, 0.6) is 0 Å². The predicted octanol–water partition coefficient (Wildman–Crippen LogP) is 5.99. The van der Waals surface area contributed by atoms with Crippen molar-refractivity contribution in [3.63, 3.8) is 0 Å². The Morgan fingerprint density at radius 1 is 0.941 bits per heavy atom. The van der Waals surface area contributed by atoms with E-state index in [1.807, 2.05) is 42.5 Å². The van der Waals surface area contributed by atoms with Gasteiger partial charge in [-0.05, 0) is 40.3 Å². The second kappa shape index (κ2) is 11.6.